The molecule has 2 aliphatic rings. The third kappa shape index (κ3) is 2.48. The number of pyridine rings is 1. The van der Waals surface area contributed by atoms with Gasteiger partial charge in [0.05, 0.1) is 16.6 Å². The molecule has 1 amide bonds. The molecule has 7 heteroatoms. The highest BCUT2D eigenvalue weighted by atomic mass is 16.5. The number of carboxylic acid groups (broad SMARTS) is 1. The van der Waals surface area contributed by atoms with Crippen molar-refractivity contribution in [3.8, 4) is 0 Å². The summed E-state index contributed by atoms with van der Waals surface area (Å²) >= 11 is 0. The average Bonchev–Trinajstić information content (AvgIpc) is 3.23. The minimum atomic E-state index is -1.18. The van der Waals surface area contributed by atoms with Gasteiger partial charge in [-0.2, -0.15) is 0 Å². The SMILES string of the molecule is CC(C)c1noc2nc(C3CC3)cc(C(=O)N3CCCC3(C)C(=O)O)c12. The van der Waals surface area contributed by atoms with E-state index in [1.165, 1.54) is 4.90 Å². The van der Waals surface area contributed by atoms with Crippen LogP contribution < -0.4 is 0 Å². The molecule has 1 unspecified atom stereocenters. The Balaban J connectivity index is 1.87. The number of nitrogens with zero attached hydrogens (tertiary/aromatic N) is 3. The summed E-state index contributed by atoms with van der Waals surface area (Å²) in [5.41, 5.74) is 1.19. The van der Waals surface area contributed by atoms with Gasteiger partial charge in [0.1, 0.15) is 5.54 Å². The van der Waals surface area contributed by atoms with Crippen molar-refractivity contribution in [1.82, 2.24) is 15.0 Å². The summed E-state index contributed by atoms with van der Waals surface area (Å²) in [6, 6.07) is 1.83. The van der Waals surface area contributed by atoms with Gasteiger partial charge in [-0.05, 0) is 44.6 Å². The van der Waals surface area contributed by atoms with Gasteiger partial charge in [-0.3, -0.25) is 4.79 Å². The Hall–Kier alpha value is -2.44. The van der Waals surface area contributed by atoms with Crippen LogP contribution in [0.1, 0.15) is 80.0 Å². The molecule has 26 heavy (non-hydrogen) atoms. The normalized spacial score (nSPS) is 23.2. The van der Waals surface area contributed by atoms with Gasteiger partial charge in [0.25, 0.3) is 11.6 Å². The first-order valence-electron chi connectivity index (χ1n) is 9.18. The molecule has 4 rings (SSSR count). The van der Waals surface area contributed by atoms with Crippen LogP contribution in [0.3, 0.4) is 0 Å². The van der Waals surface area contributed by atoms with E-state index in [0.29, 0.717) is 47.7 Å². The first-order valence-corrected chi connectivity index (χ1v) is 9.18. The molecule has 138 valence electrons. The maximum atomic E-state index is 13.4. The van der Waals surface area contributed by atoms with E-state index in [-0.39, 0.29) is 11.8 Å². The summed E-state index contributed by atoms with van der Waals surface area (Å²) in [4.78, 5) is 31.3. The van der Waals surface area contributed by atoms with E-state index in [1.807, 2.05) is 19.9 Å². The second-order valence-electron chi connectivity index (χ2n) is 7.91. The maximum absolute atomic E-state index is 13.4. The molecule has 0 radical (unpaired) electrons. The summed E-state index contributed by atoms with van der Waals surface area (Å²) in [5, 5.41) is 14.4. The number of hydrogen-bond donors (Lipinski definition) is 1. The van der Waals surface area contributed by atoms with Gasteiger partial charge in [0, 0.05) is 18.2 Å². The number of amides is 1. The van der Waals surface area contributed by atoms with Crippen LogP contribution in [0.15, 0.2) is 10.6 Å². The van der Waals surface area contributed by atoms with Crippen molar-refractivity contribution in [2.24, 2.45) is 0 Å². The molecule has 0 aromatic carbocycles. The molecule has 1 N–H and O–H groups in total. The molecule has 3 heterocycles. The number of aliphatic carboxylic acids is 1. The number of aromatic nitrogens is 2. The molecule has 1 saturated carbocycles. The molecule has 1 aliphatic heterocycles. The number of rotatable bonds is 4. The summed E-state index contributed by atoms with van der Waals surface area (Å²) < 4.78 is 5.43. The second kappa shape index (κ2) is 5.79. The average molecular weight is 357 g/mol. The zero-order valence-electron chi connectivity index (χ0n) is 15.3. The molecule has 0 bridgehead atoms. The van der Waals surface area contributed by atoms with E-state index in [4.69, 9.17) is 4.52 Å². The number of carbonyl (C=O) groups excluding carboxylic acids is 1. The van der Waals surface area contributed by atoms with E-state index in [9.17, 15) is 14.7 Å². The Labute approximate surface area is 151 Å². The molecule has 2 aromatic rings. The summed E-state index contributed by atoms with van der Waals surface area (Å²) in [6.45, 7) is 6.03. The predicted molar refractivity (Wildman–Crippen MR) is 94.2 cm³/mol. The lowest BCUT2D eigenvalue weighted by Gasteiger charge is -2.31. The van der Waals surface area contributed by atoms with Crippen LogP contribution >= 0.6 is 0 Å². The third-order valence-electron chi connectivity index (χ3n) is 5.61. The lowest BCUT2D eigenvalue weighted by atomic mass is 9.97. The van der Waals surface area contributed by atoms with Crippen LogP contribution in [0, 0.1) is 0 Å². The van der Waals surface area contributed by atoms with E-state index in [1.54, 1.807) is 6.92 Å². The minimum Gasteiger partial charge on any atom is -0.480 e. The number of likely N-dealkylation sites (tertiary alicyclic amines) is 1. The Morgan fingerprint density at radius 1 is 1.38 bits per heavy atom. The highest BCUT2D eigenvalue weighted by molar-refractivity contribution is 6.08. The molecular weight excluding hydrogens is 334 g/mol. The van der Waals surface area contributed by atoms with Gasteiger partial charge in [-0.15, -0.1) is 0 Å². The standard InChI is InChI=1S/C19H23N3O4/c1-10(2)15-14-12(9-13(11-5-6-11)20-16(14)26-21-15)17(23)22-8-4-7-19(22,3)18(24)25/h9-11H,4-8H2,1-3H3,(H,24,25). The summed E-state index contributed by atoms with van der Waals surface area (Å²) in [7, 11) is 0. The molecule has 0 spiro atoms. The maximum Gasteiger partial charge on any atom is 0.329 e. The van der Waals surface area contributed by atoms with Crippen LogP contribution in [-0.2, 0) is 4.79 Å². The number of fused-ring (bicyclic) bond motifs is 1. The third-order valence-corrected chi connectivity index (χ3v) is 5.61. The van der Waals surface area contributed by atoms with Crippen molar-refractivity contribution in [1.29, 1.82) is 0 Å². The van der Waals surface area contributed by atoms with Gasteiger partial charge < -0.3 is 14.5 Å². The molecule has 2 aromatic heterocycles. The smallest absolute Gasteiger partial charge is 0.329 e. The Morgan fingerprint density at radius 3 is 2.73 bits per heavy atom. The van der Waals surface area contributed by atoms with Crippen LogP contribution in [0.4, 0.5) is 0 Å². The molecule has 1 aliphatic carbocycles. The van der Waals surface area contributed by atoms with Crippen molar-refractivity contribution < 1.29 is 19.2 Å². The van der Waals surface area contributed by atoms with Gasteiger partial charge in [-0.1, -0.05) is 19.0 Å². The fraction of sp³-hybridized carbons (Fsp3) is 0.579. The largest absolute Gasteiger partial charge is 0.480 e. The van der Waals surface area contributed by atoms with Crippen molar-refractivity contribution in [3.63, 3.8) is 0 Å². The van der Waals surface area contributed by atoms with Gasteiger partial charge >= 0.3 is 5.97 Å². The van der Waals surface area contributed by atoms with Crippen LogP contribution in [0.5, 0.6) is 0 Å². The first-order chi connectivity index (χ1) is 12.3. The fourth-order valence-electron chi connectivity index (χ4n) is 3.80. The number of hydrogen-bond acceptors (Lipinski definition) is 5. The lowest BCUT2D eigenvalue weighted by Crippen LogP contribution is -2.50. The van der Waals surface area contributed by atoms with Crippen LogP contribution in [0.25, 0.3) is 11.1 Å². The van der Waals surface area contributed by atoms with Gasteiger partial charge in [-0.25, -0.2) is 9.78 Å². The van der Waals surface area contributed by atoms with Gasteiger partial charge in [0.2, 0.25) is 0 Å². The number of carboxylic acids is 1. The fourth-order valence-corrected chi connectivity index (χ4v) is 3.80. The Bertz CT molecular complexity index is 900. The van der Waals surface area contributed by atoms with Crippen LogP contribution in [-0.4, -0.2) is 44.1 Å². The zero-order chi connectivity index (χ0) is 18.6. The predicted octanol–water partition coefficient (Wildman–Crippen LogP) is 3.30. The molecule has 1 atom stereocenters. The highest BCUT2D eigenvalue weighted by Crippen LogP contribution is 2.42. The summed E-state index contributed by atoms with van der Waals surface area (Å²) in [6.07, 6.45) is 3.24. The Morgan fingerprint density at radius 2 is 2.12 bits per heavy atom. The monoisotopic (exact) mass is 357 g/mol. The second-order valence-corrected chi connectivity index (χ2v) is 7.91. The summed E-state index contributed by atoms with van der Waals surface area (Å²) in [5.74, 6) is -0.818. The van der Waals surface area contributed by atoms with Crippen molar-refractivity contribution in [3.05, 3.63) is 23.0 Å². The van der Waals surface area contributed by atoms with E-state index in [2.05, 4.69) is 10.1 Å². The molecule has 1 saturated heterocycles. The first kappa shape index (κ1) is 17.0. The van der Waals surface area contributed by atoms with Crippen molar-refractivity contribution in [2.75, 3.05) is 6.54 Å². The van der Waals surface area contributed by atoms with Crippen molar-refractivity contribution >= 4 is 23.0 Å². The quantitative estimate of drug-likeness (QED) is 0.902. The van der Waals surface area contributed by atoms with Crippen molar-refractivity contribution in [2.45, 2.75) is 63.8 Å². The lowest BCUT2D eigenvalue weighted by molar-refractivity contribution is -0.147. The van der Waals surface area contributed by atoms with E-state index < -0.39 is 11.5 Å². The van der Waals surface area contributed by atoms with Crippen LogP contribution in [0.2, 0.25) is 0 Å². The molecule has 2 fully saturated rings. The minimum absolute atomic E-state index is 0.0702. The van der Waals surface area contributed by atoms with E-state index >= 15 is 0 Å². The zero-order valence-corrected chi connectivity index (χ0v) is 15.3. The highest BCUT2D eigenvalue weighted by Gasteiger charge is 2.47. The molecular formula is C19H23N3O4. The Kier molecular flexibility index (Phi) is 3.78. The topological polar surface area (TPSA) is 96.5 Å². The van der Waals surface area contributed by atoms with E-state index in [0.717, 1.165) is 18.5 Å². The number of carbonyl (C=O) groups is 2. The molecule has 7 nitrogen and oxygen atoms in total. The van der Waals surface area contributed by atoms with Gasteiger partial charge in [0.15, 0.2) is 0 Å².